The number of hydrogen-bond acceptors (Lipinski definition) is 5. The second-order valence-corrected chi connectivity index (χ2v) is 6.04. The fraction of sp³-hybridized carbons (Fsp3) is 0.500. The number of rotatable bonds is 4. The van der Waals surface area contributed by atoms with Crippen LogP contribution in [0.1, 0.15) is 31.9 Å². The Morgan fingerprint density at radius 2 is 1.95 bits per heavy atom. The number of carbonyl (C=O) groups excluding carboxylic acids is 2. The Bertz CT molecular complexity index is 548. The molecule has 122 valence electrons. The Hall–Kier alpha value is -2.24. The summed E-state index contributed by atoms with van der Waals surface area (Å²) in [5.74, 6) is -0.408. The van der Waals surface area contributed by atoms with Crippen LogP contribution in [0, 0.1) is 6.92 Å². The fourth-order valence-corrected chi connectivity index (χ4v) is 1.91. The molecule has 0 bridgehead atoms. The molecule has 0 fully saturated rings. The van der Waals surface area contributed by atoms with Gasteiger partial charge < -0.3 is 19.9 Å². The van der Waals surface area contributed by atoms with Crippen LogP contribution in [0.4, 0.5) is 4.79 Å². The number of phenolic OH excluding ortho intramolecular Hbond substituents is 1. The molecule has 2 N–H and O–H groups in total. The van der Waals surface area contributed by atoms with Gasteiger partial charge in [-0.05, 0) is 51.0 Å². The van der Waals surface area contributed by atoms with E-state index in [2.05, 4.69) is 5.32 Å². The van der Waals surface area contributed by atoms with Gasteiger partial charge in [0, 0.05) is 6.42 Å². The van der Waals surface area contributed by atoms with Crippen molar-refractivity contribution in [2.75, 3.05) is 7.11 Å². The molecule has 0 radical (unpaired) electrons. The summed E-state index contributed by atoms with van der Waals surface area (Å²) >= 11 is 0. The van der Waals surface area contributed by atoms with Crippen molar-refractivity contribution >= 4 is 12.1 Å². The van der Waals surface area contributed by atoms with Gasteiger partial charge in [-0.1, -0.05) is 6.07 Å². The lowest BCUT2D eigenvalue weighted by Crippen LogP contribution is -2.45. The Labute approximate surface area is 130 Å². The first-order valence-corrected chi connectivity index (χ1v) is 6.98. The Kier molecular flexibility index (Phi) is 5.79. The molecule has 1 rings (SSSR count). The largest absolute Gasteiger partial charge is 0.508 e. The maximum atomic E-state index is 11.9. The quantitative estimate of drug-likeness (QED) is 0.834. The molecule has 1 aromatic rings. The second kappa shape index (κ2) is 7.15. The highest BCUT2D eigenvalue weighted by Gasteiger charge is 2.25. The number of phenols is 1. The van der Waals surface area contributed by atoms with Crippen molar-refractivity contribution in [1.82, 2.24) is 5.32 Å². The smallest absolute Gasteiger partial charge is 0.408 e. The predicted octanol–water partition coefficient (Wildman–Crippen LogP) is 2.31. The molecule has 0 aromatic heterocycles. The minimum Gasteiger partial charge on any atom is -0.508 e. The number of carbonyl (C=O) groups is 2. The molecule has 1 aromatic carbocycles. The number of ether oxygens (including phenoxy) is 2. The third kappa shape index (κ3) is 5.63. The maximum Gasteiger partial charge on any atom is 0.408 e. The van der Waals surface area contributed by atoms with Gasteiger partial charge in [-0.3, -0.25) is 0 Å². The molecule has 0 spiro atoms. The highest BCUT2D eigenvalue weighted by Crippen LogP contribution is 2.17. The van der Waals surface area contributed by atoms with Crippen LogP contribution in [-0.4, -0.2) is 35.9 Å². The summed E-state index contributed by atoms with van der Waals surface area (Å²) in [5.41, 5.74) is 0.989. The number of alkyl carbamates (subject to hydrolysis) is 1. The molecular formula is C16H23NO5. The standard InChI is InChI=1S/C16H23NO5/c1-10-8-12(18)7-6-11(10)9-13(14(19)21-5)17-15(20)22-16(2,3)4/h6-8,13,18H,9H2,1-5H3,(H,17,20). The first-order chi connectivity index (χ1) is 10.1. The van der Waals surface area contributed by atoms with Gasteiger partial charge in [-0.15, -0.1) is 0 Å². The van der Waals surface area contributed by atoms with Crippen molar-refractivity contribution in [3.05, 3.63) is 29.3 Å². The average molecular weight is 309 g/mol. The first kappa shape index (κ1) is 17.8. The molecule has 0 heterocycles. The van der Waals surface area contributed by atoms with Gasteiger partial charge >= 0.3 is 12.1 Å². The molecular weight excluding hydrogens is 286 g/mol. The third-order valence-corrected chi connectivity index (χ3v) is 2.93. The van der Waals surface area contributed by atoms with Gasteiger partial charge in [0.1, 0.15) is 17.4 Å². The molecule has 1 atom stereocenters. The number of nitrogens with one attached hydrogen (secondary N) is 1. The van der Waals surface area contributed by atoms with Crippen molar-refractivity contribution in [1.29, 1.82) is 0 Å². The zero-order valence-corrected chi connectivity index (χ0v) is 13.6. The van der Waals surface area contributed by atoms with E-state index in [1.165, 1.54) is 13.2 Å². The summed E-state index contributed by atoms with van der Waals surface area (Å²) in [6.45, 7) is 7.04. The van der Waals surface area contributed by atoms with Crippen LogP contribution in [0.3, 0.4) is 0 Å². The molecule has 1 unspecified atom stereocenters. The highest BCUT2D eigenvalue weighted by atomic mass is 16.6. The molecule has 0 aliphatic heterocycles. The highest BCUT2D eigenvalue weighted by molar-refractivity contribution is 5.81. The number of aromatic hydroxyl groups is 1. The number of esters is 1. The molecule has 0 aliphatic rings. The van der Waals surface area contributed by atoms with E-state index in [-0.39, 0.29) is 12.2 Å². The van der Waals surface area contributed by atoms with E-state index >= 15 is 0 Å². The predicted molar refractivity (Wildman–Crippen MR) is 81.7 cm³/mol. The topological polar surface area (TPSA) is 84.9 Å². The molecule has 1 amide bonds. The lowest BCUT2D eigenvalue weighted by atomic mass is 10.0. The van der Waals surface area contributed by atoms with Gasteiger partial charge in [0.15, 0.2) is 0 Å². The van der Waals surface area contributed by atoms with Crippen molar-refractivity contribution in [3.8, 4) is 5.75 Å². The van der Waals surface area contributed by atoms with Crippen LogP contribution in [0.2, 0.25) is 0 Å². The van der Waals surface area contributed by atoms with Crippen LogP contribution < -0.4 is 5.32 Å². The summed E-state index contributed by atoms with van der Waals surface area (Å²) < 4.78 is 9.87. The molecule has 0 aliphatic carbocycles. The molecule has 6 heteroatoms. The number of amides is 1. The maximum absolute atomic E-state index is 11.9. The van der Waals surface area contributed by atoms with Gasteiger partial charge in [-0.2, -0.15) is 0 Å². The van der Waals surface area contributed by atoms with Crippen LogP contribution in [0.5, 0.6) is 5.75 Å². The van der Waals surface area contributed by atoms with Gasteiger partial charge in [-0.25, -0.2) is 9.59 Å². The second-order valence-electron chi connectivity index (χ2n) is 6.04. The van der Waals surface area contributed by atoms with E-state index in [1.807, 2.05) is 6.92 Å². The van der Waals surface area contributed by atoms with E-state index < -0.39 is 23.7 Å². The summed E-state index contributed by atoms with van der Waals surface area (Å²) in [6, 6.07) is 3.97. The van der Waals surface area contributed by atoms with E-state index in [0.29, 0.717) is 0 Å². The van der Waals surface area contributed by atoms with Gasteiger partial charge in [0.25, 0.3) is 0 Å². The van der Waals surface area contributed by atoms with E-state index in [9.17, 15) is 14.7 Å². The number of aryl methyl sites for hydroxylation is 1. The molecule has 0 saturated carbocycles. The van der Waals surface area contributed by atoms with Crippen molar-refractivity contribution < 1.29 is 24.2 Å². The van der Waals surface area contributed by atoms with Gasteiger partial charge in [0.05, 0.1) is 7.11 Å². The van der Waals surface area contributed by atoms with E-state index in [1.54, 1.807) is 32.9 Å². The zero-order valence-electron chi connectivity index (χ0n) is 13.6. The lowest BCUT2D eigenvalue weighted by Gasteiger charge is -2.23. The van der Waals surface area contributed by atoms with E-state index in [4.69, 9.17) is 9.47 Å². The minimum absolute atomic E-state index is 0.149. The molecule has 22 heavy (non-hydrogen) atoms. The fourth-order valence-electron chi connectivity index (χ4n) is 1.91. The summed E-state index contributed by atoms with van der Waals surface area (Å²) in [4.78, 5) is 23.7. The summed E-state index contributed by atoms with van der Waals surface area (Å²) in [7, 11) is 1.26. The molecule has 6 nitrogen and oxygen atoms in total. The lowest BCUT2D eigenvalue weighted by molar-refractivity contribution is -0.143. The van der Waals surface area contributed by atoms with Crippen molar-refractivity contribution in [3.63, 3.8) is 0 Å². The Morgan fingerprint density at radius 3 is 2.45 bits per heavy atom. The number of methoxy groups -OCH3 is 1. The van der Waals surface area contributed by atoms with Gasteiger partial charge in [0.2, 0.25) is 0 Å². The summed E-state index contributed by atoms with van der Waals surface area (Å²) in [6.07, 6.45) is -0.433. The third-order valence-electron chi connectivity index (χ3n) is 2.93. The van der Waals surface area contributed by atoms with Crippen LogP contribution in [0.25, 0.3) is 0 Å². The van der Waals surface area contributed by atoms with E-state index in [0.717, 1.165) is 11.1 Å². The SMILES string of the molecule is COC(=O)C(Cc1ccc(O)cc1C)NC(=O)OC(C)(C)C. The van der Waals surface area contributed by atoms with Crippen LogP contribution in [-0.2, 0) is 20.7 Å². The Balaban J connectivity index is 2.85. The monoisotopic (exact) mass is 309 g/mol. The Morgan fingerprint density at radius 1 is 1.32 bits per heavy atom. The average Bonchev–Trinajstić information content (AvgIpc) is 2.37. The van der Waals surface area contributed by atoms with Crippen LogP contribution >= 0.6 is 0 Å². The zero-order chi connectivity index (χ0) is 16.9. The number of hydrogen-bond donors (Lipinski definition) is 2. The summed E-state index contributed by atoms with van der Waals surface area (Å²) in [5, 5.41) is 11.9. The first-order valence-electron chi connectivity index (χ1n) is 6.98. The number of benzene rings is 1. The van der Waals surface area contributed by atoms with Crippen molar-refractivity contribution in [2.24, 2.45) is 0 Å². The molecule has 0 saturated heterocycles. The minimum atomic E-state index is -0.858. The normalized spacial score (nSPS) is 12.4. The van der Waals surface area contributed by atoms with Crippen LogP contribution in [0.15, 0.2) is 18.2 Å². The van der Waals surface area contributed by atoms with Crippen molar-refractivity contribution in [2.45, 2.75) is 45.8 Å².